The number of ketones is 1. The van der Waals surface area contributed by atoms with Gasteiger partial charge in [-0.05, 0) is 18.6 Å². The van der Waals surface area contributed by atoms with E-state index in [4.69, 9.17) is 12.2 Å². The third kappa shape index (κ3) is 3.63. The maximum atomic E-state index is 12.6. The molecule has 0 bridgehead atoms. The molecule has 0 saturated carbocycles. The molecule has 120 valence electrons. The van der Waals surface area contributed by atoms with Gasteiger partial charge in [0.25, 0.3) is 5.91 Å². The summed E-state index contributed by atoms with van der Waals surface area (Å²) in [5.41, 5.74) is 2.68. The first kappa shape index (κ1) is 16.6. The van der Waals surface area contributed by atoms with Crippen LogP contribution >= 0.6 is 24.0 Å². The molecular weight excluding hydrogens is 338 g/mol. The van der Waals surface area contributed by atoms with E-state index >= 15 is 0 Å². The Morgan fingerprint density at radius 1 is 1.12 bits per heavy atom. The number of hydrogen-bond acceptors (Lipinski definition) is 4. The molecule has 0 atom stereocenters. The molecule has 3 rings (SSSR count). The predicted molar refractivity (Wildman–Crippen MR) is 102 cm³/mol. The summed E-state index contributed by atoms with van der Waals surface area (Å²) >= 11 is 6.51. The van der Waals surface area contributed by atoms with Crippen molar-refractivity contribution in [3.05, 3.63) is 76.2 Å². The SMILES string of the molecule is Cc1ccc(/C=C2/SC(=S)N(CC(=O)c3ccccc3)C2=O)cc1. The van der Waals surface area contributed by atoms with E-state index < -0.39 is 0 Å². The lowest BCUT2D eigenvalue weighted by Crippen LogP contribution is -2.33. The van der Waals surface area contributed by atoms with Crippen molar-refractivity contribution in [2.24, 2.45) is 0 Å². The van der Waals surface area contributed by atoms with Gasteiger partial charge in [-0.2, -0.15) is 0 Å². The maximum absolute atomic E-state index is 12.6. The van der Waals surface area contributed by atoms with E-state index in [9.17, 15) is 9.59 Å². The molecule has 24 heavy (non-hydrogen) atoms. The number of carbonyl (C=O) groups is 2. The zero-order chi connectivity index (χ0) is 17.1. The second kappa shape index (κ2) is 7.11. The lowest BCUT2D eigenvalue weighted by Gasteiger charge is -2.13. The fourth-order valence-corrected chi connectivity index (χ4v) is 3.56. The summed E-state index contributed by atoms with van der Waals surface area (Å²) in [6.45, 7) is 1.98. The van der Waals surface area contributed by atoms with Crippen LogP contribution in [0.4, 0.5) is 0 Å². The highest BCUT2D eigenvalue weighted by Crippen LogP contribution is 2.32. The number of thioether (sulfide) groups is 1. The maximum Gasteiger partial charge on any atom is 0.266 e. The monoisotopic (exact) mass is 353 g/mol. The van der Waals surface area contributed by atoms with Crippen LogP contribution in [-0.4, -0.2) is 27.5 Å². The Hall–Kier alpha value is -2.24. The second-order valence-electron chi connectivity index (χ2n) is 5.47. The first-order valence-electron chi connectivity index (χ1n) is 7.45. The molecule has 1 aliphatic heterocycles. The lowest BCUT2D eigenvalue weighted by atomic mass is 10.1. The van der Waals surface area contributed by atoms with Crippen LogP contribution in [0.3, 0.4) is 0 Å². The molecule has 0 aromatic heterocycles. The fourth-order valence-electron chi connectivity index (χ4n) is 2.31. The number of amides is 1. The van der Waals surface area contributed by atoms with Gasteiger partial charge < -0.3 is 0 Å². The van der Waals surface area contributed by atoms with E-state index in [1.165, 1.54) is 16.7 Å². The Bertz CT molecular complexity index is 826. The molecule has 0 aliphatic carbocycles. The standard InChI is InChI=1S/C19H15NO2S2/c1-13-7-9-14(10-8-13)11-17-18(22)20(19(23)24-17)12-16(21)15-5-3-2-4-6-15/h2-11H,12H2,1H3/b17-11+. The van der Waals surface area contributed by atoms with Crippen LogP contribution in [0.5, 0.6) is 0 Å². The Morgan fingerprint density at radius 2 is 1.79 bits per heavy atom. The van der Waals surface area contributed by atoms with Crippen molar-refractivity contribution in [3.63, 3.8) is 0 Å². The van der Waals surface area contributed by atoms with E-state index in [1.807, 2.05) is 43.3 Å². The number of thiocarbonyl (C=S) groups is 1. The average Bonchev–Trinajstić information content (AvgIpc) is 2.85. The largest absolute Gasteiger partial charge is 0.292 e. The molecule has 1 saturated heterocycles. The molecule has 1 heterocycles. The minimum Gasteiger partial charge on any atom is -0.292 e. The normalized spacial score (nSPS) is 16.0. The average molecular weight is 353 g/mol. The van der Waals surface area contributed by atoms with Crippen LogP contribution in [0.25, 0.3) is 6.08 Å². The molecule has 1 aliphatic rings. The molecular formula is C19H15NO2S2. The van der Waals surface area contributed by atoms with Gasteiger partial charge in [0.15, 0.2) is 5.78 Å². The number of benzene rings is 2. The van der Waals surface area contributed by atoms with Gasteiger partial charge in [-0.1, -0.05) is 84.1 Å². The topological polar surface area (TPSA) is 37.4 Å². The van der Waals surface area contributed by atoms with Crippen molar-refractivity contribution in [1.29, 1.82) is 0 Å². The van der Waals surface area contributed by atoms with Crippen molar-refractivity contribution in [1.82, 2.24) is 4.90 Å². The third-order valence-electron chi connectivity index (χ3n) is 3.65. The van der Waals surface area contributed by atoms with Gasteiger partial charge in [-0.15, -0.1) is 0 Å². The minimum absolute atomic E-state index is 0.0279. The van der Waals surface area contributed by atoms with Gasteiger partial charge >= 0.3 is 0 Å². The molecule has 0 spiro atoms. The highest BCUT2D eigenvalue weighted by atomic mass is 32.2. The van der Waals surface area contributed by atoms with E-state index in [0.717, 1.165) is 11.1 Å². The molecule has 2 aromatic carbocycles. The summed E-state index contributed by atoms with van der Waals surface area (Å²) in [6.07, 6.45) is 1.81. The number of rotatable bonds is 4. The van der Waals surface area contributed by atoms with Crippen molar-refractivity contribution in [2.75, 3.05) is 6.54 Å². The molecule has 2 aromatic rings. The Morgan fingerprint density at radius 3 is 2.46 bits per heavy atom. The van der Waals surface area contributed by atoms with E-state index in [-0.39, 0.29) is 18.2 Å². The number of carbonyl (C=O) groups excluding carboxylic acids is 2. The first-order chi connectivity index (χ1) is 11.5. The highest BCUT2D eigenvalue weighted by molar-refractivity contribution is 8.26. The Kier molecular flexibility index (Phi) is 4.92. The summed E-state index contributed by atoms with van der Waals surface area (Å²) in [7, 11) is 0. The van der Waals surface area contributed by atoms with E-state index in [0.29, 0.717) is 14.8 Å². The van der Waals surface area contributed by atoms with Crippen molar-refractivity contribution in [2.45, 2.75) is 6.92 Å². The van der Waals surface area contributed by atoms with Crippen molar-refractivity contribution < 1.29 is 9.59 Å². The van der Waals surface area contributed by atoms with Gasteiger partial charge in [0.05, 0.1) is 11.4 Å². The van der Waals surface area contributed by atoms with Crippen molar-refractivity contribution >= 4 is 46.1 Å². The Balaban J connectivity index is 1.77. The first-order valence-corrected chi connectivity index (χ1v) is 8.67. The number of Topliss-reactive ketones (excluding diaryl/α,β-unsaturated/α-hetero) is 1. The van der Waals surface area contributed by atoms with E-state index in [1.54, 1.807) is 24.3 Å². The predicted octanol–water partition coefficient (Wildman–Crippen LogP) is 4.08. The zero-order valence-corrected chi connectivity index (χ0v) is 14.7. The molecule has 3 nitrogen and oxygen atoms in total. The lowest BCUT2D eigenvalue weighted by molar-refractivity contribution is -0.121. The second-order valence-corrected chi connectivity index (χ2v) is 7.14. The molecule has 5 heteroatoms. The number of hydrogen-bond donors (Lipinski definition) is 0. The Labute approximate surface area is 150 Å². The van der Waals surface area contributed by atoms with Crippen molar-refractivity contribution in [3.8, 4) is 0 Å². The third-order valence-corrected chi connectivity index (χ3v) is 5.02. The quantitative estimate of drug-likeness (QED) is 0.472. The number of nitrogens with zero attached hydrogens (tertiary/aromatic N) is 1. The van der Waals surface area contributed by atoms with Crippen LogP contribution in [0.2, 0.25) is 0 Å². The fraction of sp³-hybridized carbons (Fsp3) is 0.105. The van der Waals surface area contributed by atoms with Gasteiger partial charge in [0.1, 0.15) is 4.32 Å². The van der Waals surface area contributed by atoms with Crippen LogP contribution in [0.15, 0.2) is 59.5 Å². The molecule has 1 fully saturated rings. The van der Waals surface area contributed by atoms with Gasteiger partial charge in [-0.25, -0.2) is 0 Å². The summed E-state index contributed by atoms with van der Waals surface area (Å²) in [6, 6.07) is 16.8. The summed E-state index contributed by atoms with van der Waals surface area (Å²) < 4.78 is 0.419. The molecule has 0 radical (unpaired) electrons. The van der Waals surface area contributed by atoms with Crippen LogP contribution in [0.1, 0.15) is 21.5 Å². The molecule has 0 unspecified atom stereocenters. The van der Waals surface area contributed by atoms with Crippen LogP contribution in [0, 0.1) is 6.92 Å². The summed E-state index contributed by atoms with van der Waals surface area (Å²) in [5, 5.41) is 0. The van der Waals surface area contributed by atoms with E-state index in [2.05, 4.69) is 0 Å². The summed E-state index contributed by atoms with van der Waals surface area (Å²) in [5.74, 6) is -0.335. The van der Waals surface area contributed by atoms with Gasteiger partial charge in [0.2, 0.25) is 0 Å². The molecule has 0 N–H and O–H groups in total. The van der Waals surface area contributed by atoms with Gasteiger partial charge in [-0.3, -0.25) is 14.5 Å². The minimum atomic E-state index is -0.213. The van der Waals surface area contributed by atoms with Crippen LogP contribution < -0.4 is 0 Å². The van der Waals surface area contributed by atoms with Crippen LogP contribution in [-0.2, 0) is 4.79 Å². The number of aryl methyl sites for hydroxylation is 1. The molecule has 1 amide bonds. The zero-order valence-electron chi connectivity index (χ0n) is 13.1. The van der Waals surface area contributed by atoms with Gasteiger partial charge in [0, 0.05) is 5.56 Å². The summed E-state index contributed by atoms with van der Waals surface area (Å²) in [4.78, 5) is 26.8. The smallest absolute Gasteiger partial charge is 0.266 e. The highest BCUT2D eigenvalue weighted by Gasteiger charge is 2.33.